The topological polar surface area (TPSA) is 77.0 Å². The second-order valence-corrected chi connectivity index (χ2v) is 6.68. The standard InChI is InChI=1S/C18H25N5O/c1-13(22(2)18(24)15-4-3-5-16(19)10-15)14-6-8-17(9-7-14)23-12-20-11-21-23/h6-9,11-13,15-16H,3-5,10,19H2,1-2H3. The first-order chi connectivity index (χ1) is 11.6. The van der Waals surface area contributed by atoms with Crippen LogP contribution in [-0.4, -0.2) is 38.7 Å². The van der Waals surface area contributed by atoms with E-state index in [9.17, 15) is 4.79 Å². The number of rotatable bonds is 4. The largest absolute Gasteiger partial charge is 0.339 e. The predicted octanol–water partition coefficient (Wildman–Crippen LogP) is 2.30. The summed E-state index contributed by atoms with van der Waals surface area (Å²) in [5, 5.41) is 4.12. The third-order valence-electron chi connectivity index (χ3n) is 5.05. The molecule has 0 saturated heterocycles. The molecule has 6 heteroatoms. The molecule has 1 aromatic carbocycles. The summed E-state index contributed by atoms with van der Waals surface area (Å²) >= 11 is 0. The first-order valence-electron chi connectivity index (χ1n) is 8.53. The summed E-state index contributed by atoms with van der Waals surface area (Å²) in [4.78, 5) is 18.6. The summed E-state index contributed by atoms with van der Waals surface area (Å²) in [6.45, 7) is 2.06. The van der Waals surface area contributed by atoms with Gasteiger partial charge in [-0.1, -0.05) is 18.6 Å². The number of benzene rings is 1. The minimum atomic E-state index is 0.0282. The fraction of sp³-hybridized carbons (Fsp3) is 0.500. The van der Waals surface area contributed by atoms with E-state index >= 15 is 0 Å². The molecule has 3 unspecified atom stereocenters. The molecule has 3 atom stereocenters. The number of hydrogen-bond donors (Lipinski definition) is 1. The van der Waals surface area contributed by atoms with Crippen molar-refractivity contribution < 1.29 is 4.79 Å². The molecular weight excluding hydrogens is 302 g/mol. The van der Waals surface area contributed by atoms with Gasteiger partial charge in [-0.05, 0) is 43.9 Å². The van der Waals surface area contributed by atoms with Crippen molar-refractivity contribution in [2.24, 2.45) is 11.7 Å². The zero-order valence-electron chi connectivity index (χ0n) is 14.3. The number of amides is 1. The van der Waals surface area contributed by atoms with Crippen molar-refractivity contribution >= 4 is 5.91 Å². The van der Waals surface area contributed by atoms with E-state index in [4.69, 9.17) is 5.73 Å². The number of aromatic nitrogens is 3. The maximum Gasteiger partial charge on any atom is 0.225 e. The van der Waals surface area contributed by atoms with Crippen molar-refractivity contribution in [1.82, 2.24) is 19.7 Å². The highest BCUT2D eigenvalue weighted by molar-refractivity contribution is 5.79. The Labute approximate surface area is 142 Å². The van der Waals surface area contributed by atoms with Crippen molar-refractivity contribution in [1.29, 1.82) is 0 Å². The molecule has 24 heavy (non-hydrogen) atoms. The molecule has 0 spiro atoms. The molecule has 0 bridgehead atoms. The van der Waals surface area contributed by atoms with E-state index in [-0.39, 0.29) is 23.9 Å². The van der Waals surface area contributed by atoms with E-state index in [1.807, 2.05) is 36.2 Å². The van der Waals surface area contributed by atoms with E-state index in [1.165, 1.54) is 6.33 Å². The van der Waals surface area contributed by atoms with Crippen LogP contribution in [0.1, 0.15) is 44.2 Å². The zero-order chi connectivity index (χ0) is 17.1. The number of nitrogens with zero attached hydrogens (tertiary/aromatic N) is 4. The summed E-state index contributed by atoms with van der Waals surface area (Å²) < 4.78 is 1.72. The van der Waals surface area contributed by atoms with Gasteiger partial charge >= 0.3 is 0 Å². The van der Waals surface area contributed by atoms with Crippen LogP contribution in [-0.2, 0) is 4.79 Å². The van der Waals surface area contributed by atoms with Gasteiger partial charge in [0.1, 0.15) is 12.7 Å². The van der Waals surface area contributed by atoms with Gasteiger partial charge in [-0.15, -0.1) is 0 Å². The Morgan fingerprint density at radius 3 is 2.71 bits per heavy atom. The minimum absolute atomic E-state index is 0.0282. The molecule has 1 aromatic heterocycles. The molecule has 6 nitrogen and oxygen atoms in total. The molecule has 1 heterocycles. The van der Waals surface area contributed by atoms with Crippen molar-refractivity contribution in [3.8, 4) is 5.69 Å². The molecule has 3 rings (SSSR count). The highest BCUT2D eigenvalue weighted by atomic mass is 16.2. The van der Waals surface area contributed by atoms with Crippen LogP contribution in [0.5, 0.6) is 0 Å². The molecule has 0 aliphatic heterocycles. The first-order valence-corrected chi connectivity index (χ1v) is 8.53. The van der Waals surface area contributed by atoms with Crippen LogP contribution in [0, 0.1) is 5.92 Å². The summed E-state index contributed by atoms with van der Waals surface area (Å²) in [7, 11) is 1.89. The molecule has 0 radical (unpaired) electrons. The fourth-order valence-corrected chi connectivity index (χ4v) is 3.40. The van der Waals surface area contributed by atoms with Crippen LogP contribution in [0.3, 0.4) is 0 Å². The Morgan fingerprint density at radius 2 is 2.08 bits per heavy atom. The van der Waals surface area contributed by atoms with Gasteiger partial charge < -0.3 is 10.6 Å². The van der Waals surface area contributed by atoms with Crippen LogP contribution in [0.2, 0.25) is 0 Å². The van der Waals surface area contributed by atoms with E-state index in [2.05, 4.69) is 17.0 Å². The van der Waals surface area contributed by atoms with E-state index < -0.39 is 0 Å². The lowest BCUT2D eigenvalue weighted by molar-refractivity contribution is -0.137. The number of hydrogen-bond acceptors (Lipinski definition) is 4. The van der Waals surface area contributed by atoms with Gasteiger partial charge in [0.25, 0.3) is 0 Å². The average molecular weight is 327 g/mol. The Morgan fingerprint density at radius 1 is 1.33 bits per heavy atom. The summed E-state index contributed by atoms with van der Waals surface area (Å²) in [6, 6.07) is 8.26. The predicted molar refractivity (Wildman–Crippen MR) is 92.5 cm³/mol. The third-order valence-corrected chi connectivity index (χ3v) is 5.05. The Hall–Kier alpha value is -2.21. The second kappa shape index (κ2) is 7.13. The van der Waals surface area contributed by atoms with Crippen molar-refractivity contribution in [2.75, 3.05) is 7.05 Å². The van der Waals surface area contributed by atoms with Crippen molar-refractivity contribution in [3.63, 3.8) is 0 Å². The summed E-state index contributed by atoms with van der Waals surface area (Å²) in [5.74, 6) is 0.272. The summed E-state index contributed by atoms with van der Waals surface area (Å²) in [6.07, 6.45) is 7.02. The van der Waals surface area contributed by atoms with E-state index in [0.29, 0.717) is 0 Å². The molecular formula is C18H25N5O. The first kappa shape index (κ1) is 16.6. The lowest BCUT2D eigenvalue weighted by atomic mass is 9.85. The average Bonchev–Trinajstić information content (AvgIpc) is 3.14. The lowest BCUT2D eigenvalue weighted by Gasteiger charge is -2.32. The maximum atomic E-state index is 12.8. The molecule has 1 aliphatic rings. The van der Waals surface area contributed by atoms with Gasteiger partial charge in [-0.2, -0.15) is 5.10 Å². The van der Waals surface area contributed by atoms with Crippen LogP contribution >= 0.6 is 0 Å². The molecule has 1 aliphatic carbocycles. The molecule has 1 amide bonds. The van der Waals surface area contributed by atoms with Gasteiger partial charge in [0.2, 0.25) is 5.91 Å². The minimum Gasteiger partial charge on any atom is -0.339 e. The van der Waals surface area contributed by atoms with Crippen LogP contribution < -0.4 is 5.73 Å². The van der Waals surface area contributed by atoms with Gasteiger partial charge in [0.05, 0.1) is 11.7 Å². The SMILES string of the molecule is CC(c1ccc(-n2cncn2)cc1)N(C)C(=O)C1CCCC(N)C1. The third kappa shape index (κ3) is 3.48. The fourth-order valence-electron chi connectivity index (χ4n) is 3.40. The Balaban J connectivity index is 1.68. The van der Waals surface area contributed by atoms with Crippen LogP contribution in [0.4, 0.5) is 0 Å². The van der Waals surface area contributed by atoms with Crippen LogP contribution in [0.15, 0.2) is 36.9 Å². The quantitative estimate of drug-likeness (QED) is 0.935. The highest BCUT2D eigenvalue weighted by Crippen LogP contribution is 2.28. The molecule has 2 N–H and O–H groups in total. The Bertz CT molecular complexity index is 667. The smallest absolute Gasteiger partial charge is 0.225 e. The lowest BCUT2D eigenvalue weighted by Crippen LogP contribution is -2.39. The number of carbonyl (C=O) groups is 1. The van der Waals surface area contributed by atoms with E-state index in [1.54, 1.807) is 11.0 Å². The molecule has 1 saturated carbocycles. The monoisotopic (exact) mass is 327 g/mol. The van der Waals surface area contributed by atoms with Gasteiger partial charge in [0.15, 0.2) is 0 Å². The second-order valence-electron chi connectivity index (χ2n) is 6.68. The molecule has 2 aromatic rings. The van der Waals surface area contributed by atoms with Gasteiger partial charge in [-0.25, -0.2) is 9.67 Å². The van der Waals surface area contributed by atoms with Crippen molar-refractivity contribution in [2.45, 2.75) is 44.7 Å². The maximum absolute atomic E-state index is 12.8. The van der Waals surface area contributed by atoms with Crippen molar-refractivity contribution in [3.05, 3.63) is 42.5 Å². The van der Waals surface area contributed by atoms with Gasteiger partial charge in [-0.3, -0.25) is 4.79 Å². The summed E-state index contributed by atoms with van der Waals surface area (Å²) in [5.41, 5.74) is 8.09. The van der Waals surface area contributed by atoms with Crippen LogP contribution in [0.25, 0.3) is 5.69 Å². The normalized spacial score (nSPS) is 22.1. The number of nitrogens with two attached hydrogens (primary N) is 1. The molecule has 1 fully saturated rings. The Kier molecular flexibility index (Phi) is 4.94. The number of carbonyl (C=O) groups excluding carboxylic acids is 1. The highest BCUT2D eigenvalue weighted by Gasteiger charge is 2.29. The van der Waals surface area contributed by atoms with E-state index in [0.717, 1.165) is 36.9 Å². The molecule has 128 valence electrons. The van der Waals surface area contributed by atoms with Gasteiger partial charge in [0, 0.05) is 19.0 Å². The zero-order valence-corrected chi connectivity index (χ0v) is 14.3.